The molecule has 7 heteroatoms. The van der Waals surface area contributed by atoms with Crippen molar-refractivity contribution in [3.63, 3.8) is 0 Å². The summed E-state index contributed by atoms with van der Waals surface area (Å²) in [4.78, 5) is 21.1. The fourth-order valence-corrected chi connectivity index (χ4v) is 1.30. The van der Waals surface area contributed by atoms with Gasteiger partial charge < -0.3 is 15.6 Å². The van der Waals surface area contributed by atoms with Gasteiger partial charge in [-0.25, -0.2) is 0 Å². The Morgan fingerprint density at radius 3 is 2.63 bits per heavy atom. The minimum absolute atomic E-state index is 0.0485. The first kappa shape index (κ1) is 14.9. The van der Waals surface area contributed by atoms with Crippen molar-refractivity contribution in [3.05, 3.63) is 33.9 Å². The Bertz CT molecular complexity index is 499. The molecule has 1 rings (SSSR count). The molecule has 0 saturated heterocycles. The molecule has 0 aliphatic carbocycles. The molecule has 1 aromatic rings. The maximum Gasteiger partial charge on any atom is 0.312 e. The standard InChI is InChI=1S/C12H16N2O5/c1-12(2,11(15)16)7-19-10-4-3-9(14(17)18)5-8(10)6-13/h3-5H,6-7,13H2,1-2H3,(H,15,16). The number of carboxylic acids is 1. The third-order valence-corrected chi connectivity index (χ3v) is 2.64. The van der Waals surface area contributed by atoms with Crippen molar-refractivity contribution in [2.75, 3.05) is 6.61 Å². The maximum absolute atomic E-state index is 10.9. The Morgan fingerprint density at radius 2 is 2.16 bits per heavy atom. The molecule has 0 amide bonds. The van der Waals surface area contributed by atoms with Gasteiger partial charge in [-0.2, -0.15) is 0 Å². The molecule has 19 heavy (non-hydrogen) atoms. The molecule has 0 aliphatic heterocycles. The number of carbonyl (C=O) groups is 1. The van der Waals surface area contributed by atoms with E-state index in [1.165, 1.54) is 32.0 Å². The average molecular weight is 268 g/mol. The van der Waals surface area contributed by atoms with Crippen molar-refractivity contribution in [1.82, 2.24) is 0 Å². The lowest BCUT2D eigenvalue weighted by Crippen LogP contribution is -2.30. The number of nitrogens with zero attached hydrogens (tertiary/aromatic N) is 1. The van der Waals surface area contributed by atoms with Crippen LogP contribution in [0.5, 0.6) is 5.75 Å². The highest BCUT2D eigenvalue weighted by atomic mass is 16.6. The van der Waals surface area contributed by atoms with E-state index in [1.807, 2.05) is 0 Å². The zero-order chi connectivity index (χ0) is 14.6. The lowest BCUT2D eigenvalue weighted by molar-refractivity contribution is -0.384. The summed E-state index contributed by atoms with van der Waals surface area (Å²) in [5, 5.41) is 19.6. The highest BCUT2D eigenvalue weighted by Gasteiger charge is 2.28. The molecule has 0 spiro atoms. The number of aliphatic carboxylic acids is 1. The van der Waals surface area contributed by atoms with Crippen LogP contribution in [-0.4, -0.2) is 22.6 Å². The molecule has 0 bridgehead atoms. The van der Waals surface area contributed by atoms with Gasteiger partial charge in [-0.3, -0.25) is 14.9 Å². The molecule has 104 valence electrons. The number of carboxylic acid groups (broad SMARTS) is 1. The van der Waals surface area contributed by atoms with Crippen LogP contribution >= 0.6 is 0 Å². The Morgan fingerprint density at radius 1 is 1.53 bits per heavy atom. The van der Waals surface area contributed by atoms with Crippen LogP contribution in [0, 0.1) is 15.5 Å². The van der Waals surface area contributed by atoms with Crippen molar-refractivity contribution < 1.29 is 19.6 Å². The van der Waals surface area contributed by atoms with Gasteiger partial charge in [0.05, 0.1) is 10.3 Å². The van der Waals surface area contributed by atoms with Crippen LogP contribution < -0.4 is 10.5 Å². The van der Waals surface area contributed by atoms with E-state index in [2.05, 4.69) is 0 Å². The summed E-state index contributed by atoms with van der Waals surface area (Å²) < 4.78 is 5.41. The first-order valence-corrected chi connectivity index (χ1v) is 5.61. The second-order valence-electron chi connectivity index (χ2n) is 4.73. The second kappa shape index (κ2) is 5.66. The van der Waals surface area contributed by atoms with Crippen molar-refractivity contribution in [2.24, 2.45) is 11.1 Å². The van der Waals surface area contributed by atoms with Gasteiger partial charge in [0, 0.05) is 24.2 Å². The number of hydrogen-bond donors (Lipinski definition) is 2. The van der Waals surface area contributed by atoms with Gasteiger partial charge in [-0.15, -0.1) is 0 Å². The monoisotopic (exact) mass is 268 g/mol. The number of nitrogens with two attached hydrogens (primary N) is 1. The summed E-state index contributed by atoms with van der Waals surface area (Å²) >= 11 is 0. The fraction of sp³-hybridized carbons (Fsp3) is 0.417. The summed E-state index contributed by atoms with van der Waals surface area (Å²) in [5.41, 5.74) is 4.84. The third kappa shape index (κ3) is 3.65. The van der Waals surface area contributed by atoms with Gasteiger partial charge in [0.1, 0.15) is 12.4 Å². The van der Waals surface area contributed by atoms with Crippen molar-refractivity contribution in [1.29, 1.82) is 0 Å². The Balaban J connectivity index is 2.90. The molecule has 1 aromatic carbocycles. The van der Waals surface area contributed by atoms with Crippen molar-refractivity contribution in [2.45, 2.75) is 20.4 Å². The van der Waals surface area contributed by atoms with Crippen LogP contribution in [0.2, 0.25) is 0 Å². The molecule has 0 aromatic heterocycles. The SMILES string of the molecule is CC(C)(COc1ccc([N+](=O)[O-])cc1CN)C(=O)O. The Kier molecular flexibility index (Phi) is 4.44. The van der Waals surface area contributed by atoms with Gasteiger partial charge in [0.2, 0.25) is 0 Å². The van der Waals surface area contributed by atoms with Crippen LogP contribution in [0.15, 0.2) is 18.2 Å². The molecule has 3 N–H and O–H groups in total. The molecule has 0 fully saturated rings. The Hall–Kier alpha value is -2.15. The molecule has 0 radical (unpaired) electrons. The minimum Gasteiger partial charge on any atom is -0.492 e. The molecular weight excluding hydrogens is 252 g/mol. The van der Waals surface area contributed by atoms with E-state index in [0.717, 1.165) is 0 Å². The van der Waals surface area contributed by atoms with Gasteiger partial charge in [0.25, 0.3) is 5.69 Å². The predicted octanol–water partition coefficient (Wildman–Crippen LogP) is 1.54. The zero-order valence-electron chi connectivity index (χ0n) is 10.8. The molecule has 0 unspecified atom stereocenters. The summed E-state index contributed by atoms with van der Waals surface area (Å²) in [6.45, 7) is 3.09. The molecule has 0 atom stereocenters. The topological polar surface area (TPSA) is 116 Å². The van der Waals surface area contributed by atoms with Gasteiger partial charge >= 0.3 is 5.97 Å². The van der Waals surface area contributed by atoms with Crippen LogP contribution in [0.3, 0.4) is 0 Å². The zero-order valence-corrected chi connectivity index (χ0v) is 10.8. The first-order valence-electron chi connectivity index (χ1n) is 5.61. The molecule has 0 aliphatic rings. The van der Waals surface area contributed by atoms with E-state index in [9.17, 15) is 14.9 Å². The minimum atomic E-state index is -1.05. The van der Waals surface area contributed by atoms with Gasteiger partial charge in [-0.05, 0) is 19.9 Å². The Labute approximate surface area is 110 Å². The maximum atomic E-state index is 10.9. The molecule has 0 heterocycles. The van der Waals surface area contributed by atoms with E-state index in [0.29, 0.717) is 11.3 Å². The van der Waals surface area contributed by atoms with E-state index in [1.54, 1.807) is 0 Å². The van der Waals surface area contributed by atoms with Crippen LogP contribution in [0.25, 0.3) is 0 Å². The van der Waals surface area contributed by atoms with Crippen LogP contribution in [-0.2, 0) is 11.3 Å². The average Bonchev–Trinajstić information content (AvgIpc) is 2.35. The summed E-state index contributed by atoms with van der Waals surface area (Å²) in [6.07, 6.45) is 0. The third-order valence-electron chi connectivity index (χ3n) is 2.64. The number of benzene rings is 1. The molecular formula is C12H16N2O5. The number of rotatable bonds is 6. The van der Waals surface area contributed by atoms with E-state index in [4.69, 9.17) is 15.6 Å². The highest BCUT2D eigenvalue weighted by molar-refractivity contribution is 5.73. The van der Waals surface area contributed by atoms with E-state index in [-0.39, 0.29) is 18.8 Å². The number of non-ortho nitro benzene ring substituents is 1. The van der Waals surface area contributed by atoms with Crippen molar-refractivity contribution >= 4 is 11.7 Å². The van der Waals surface area contributed by atoms with Crippen LogP contribution in [0.1, 0.15) is 19.4 Å². The second-order valence-corrected chi connectivity index (χ2v) is 4.73. The summed E-state index contributed by atoms with van der Waals surface area (Å²) in [7, 11) is 0. The largest absolute Gasteiger partial charge is 0.492 e. The number of ether oxygens (including phenoxy) is 1. The highest BCUT2D eigenvalue weighted by Crippen LogP contribution is 2.26. The smallest absolute Gasteiger partial charge is 0.312 e. The van der Waals surface area contributed by atoms with Crippen LogP contribution in [0.4, 0.5) is 5.69 Å². The van der Waals surface area contributed by atoms with Gasteiger partial charge in [-0.1, -0.05) is 0 Å². The summed E-state index contributed by atoms with van der Waals surface area (Å²) in [5.74, 6) is -0.619. The molecule has 7 nitrogen and oxygen atoms in total. The first-order chi connectivity index (χ1) is 8.77. The number of nitro benzene ring substituents is 1. The quantitative estimate of drug-likeness (QED) is 0.597. The predicted molar refractivity (Wildman–Crippen MR) is 67.9 cm³/mol. The van der Waals surface area contributed by atoms with E-state index >= 15 is 0 Å². The summed E-state index contributed by atoms with van der Waals surface area (Å²) in [6, 6.07) is 4.05. The van der Waals surface area contributed by atoms with Crippen molar-refractivity contribution in [3.8, 4) is 5.75 Å². The normalized spacial score (nSPS) is 11.1. The number of nitro groups is 1. The lowest BCUT2D eigenvalue weighted by Gasteiger charge is -2.20. The molecule has 0 saturated carbocycles. The lowest BCUT2D eigenvalue weighted by atomic mass is 9.95. The van der Waals surface area contributed by atoms with E-state index < -0.39 is 16.3 Å². The number of hydrogen-bond acceptors (Lipinski definition) is 5. The fourth-order valence-electron chi connectivity index (χ4n) is 1.30. The van der Waals surface area contributed by atoms with Gasteiger partial charge in [0.15, 0.2) is 0 Å².